The molecule has 2 aromatic carbocycles. The maximum atomic E-state index is 13.3. The van der Waals surface area contributed by atoms with E-state index < -0.39 is 13.0 Å². The Morgan fingerprint density at radius 3 is 2.49 bits per heavy atom. The molecule has 0 spiro atoms. The van der Waals surface area contributed by atoms with Crippen molar-refractivity contribution in [1.29, 1.82) is 0 Å². The minimum atomic E-state index is -4.80. The van der Waals surface area contributed by atoms with Crippen LogP contribution in [0, 0.1) is 0 Å². The van der Waals surface area contributed by atoms with E-state index in [1.54, 1.807) is 29.9 Å². The van der Waals surface area contributed by atoms with Gasteiger partial charge in [0.05, 0.1) is 41.0 Å². The summed E-state index contributed by atoms with van der Waals surface area (Å²) < 4.78 is 66.2. The van der Waals surface area contributed by atoms with Gasteiger partial charge in [-0.2, -0.15) is 0 Å². The highest BCUT2D eigenvalue weighted by molar-refractivity contribution is 7.22. The number of carbonyl (C=O) groups is 1. The highest BCUT2D eigenvalue weighted by Crippen LogP contribution is 2.33. The van der Waals surface area contributed by atoms with Crippen molar-refractivity contribution >= 4 is 49.6 Å². The molecule has 0 aliphatic heterocycles. The maximum Gasteiger partial charge on any atom is 0.573 e. The van der Waals surface area contributed by atoms with Crippen LogP contribution in [0.3, 0.4) is 0 Å². The van der Waals surface area contributed by atoms with Crippen LogP contribution < -0.4 is 21.1 Å². The van der Waals surface area contributed by atoms with Crippen LogP contribution in [0.5, 0.6) is 5.75 Å². The molecular weight excluding hydrogens is 544 g/mol. The first-order valence-electron chi connectivity index (χ1n) is 11.6. The topological polar surface area (TPSA) is 126 Å². The van der Waals surface area contributed by atoms with Crippen molar-refractivity contribution in [2.45, 2.75) is 12.9 Å². The molecule has 0 saturated heterocycles. The zero-order valence-electron chi connectivity index (χ0n) is 21.2. The molecule has 4 rings (SSSR count). The van der Waals surface area contributed by atoms with E-state index in [1.165, 1.54) is 25.3 Å². The van der Waals surface area contributed by atoms with Gasteiger partial charge in [-0.05, 0) is 30.3 Å². The largest absolute Gasteiger partial charge is 0.573 e. The first-order valence-corrected chi connectivity index (χ1v) is 12.5. The monoisotopic (exact) mass is 572 g/mol. The Balaban J connectivity index is 0.000000771. The van der Waals surface area contributed by atoms with Gasteiger partial charge in [-0.25, -0.2) is 14.4 Å². The predicted molar refractivity (Wildman–Crippen MR) is 140 cm³/mol. The number of hydrogen-bond acceptors (Lipinski definition) is 9. The Labute approximate surface area is 225 Å². The van der Waals surface area contributed by atoms with Gasteiger partial charge in [0, 0.05) is 38.9 Å². The van der Waals surface area contributed by atoms with Gasteiger partial charge in [0.1, 0.15) is 12.4 Å². The van der Waals surface area contributed by atoms with Crippen LogP contribution in [0.4, 0.5) is 28.6 Å². The molecule has 10 nitrogen and oxygen atoms in total. The minimum Gasteiger partial charge on any atom is -0.406 e. The van der Waals surface area contributed by atoms with E-state index in [0.717, 1.165) is 11.3 Å². The lowest BCUT2D eigenvalue weighted by molar-refractivity contribution is -0.274. The van der Waals surface area contributed by atoms with Gasteiger partial charge in [0.2, 0.25) is 5.95 Å². The van der Waals surface area contributed by atoms with Crippen molar-refractivity contribution in [2.24, 2.45) is 5.73 Å². The van der Waals surface area contributed by atoms with Crippen LogP contribution in [-0.4, -0.2) is 74.0 Å². The molecular formula is C24H28F4N6O4S. The minimum absolute atomic E-state index is 0.00663. The molecule has 0 aliphatic rings. The van der Waals surface area contributed by atoms with Crippen molar-refractivity contribution in [2.75, 3.05) is 52.5 Å². The summed E-state index contributed by atoms with van der Waals surface area (Å²) in [5.41, 5.74) is 6.94. The number of benzene rings is 2. The number of imidazole rings is 1. The lowest BCUT2D eigenvalue weighted by atomic mass is 10.2. The van der Waals surface area contributed by atoms with Crippen LogP contribution in [0.15, 0.2) is 36.4 Å². The molecule has 4 aromatic rings. The second-order valence-electron chi connectivity index (χ2n) is 7.83. The fourth-order valence-corrected chi connectivity index (χ4v) is 4.30. The first-order chi connectivity index (χ1) is 18.7. The van der Waals surface area contributed by atoms with E-state index in [2.05, 4.69) is 30.1 Å². The quantitative estimate of drug-likeness (QED) is 0.180. The van der Waals surface area contributed by atoms with E-state index in [4.69, 9.17) is 10.5 Å². The van der Waals surface area contributed by atoms with Crippen LogP contribution in [-0.2, 0) is 16.0 Å². The molecule has 212 valence electrons. The SMILES string of the molecule is COCCN.COCCNC(=O)c1ccc2c(c1)nc(Nc1nc3ccc(OC(F)(F)F)cc3s1)n2CCF. The first kappa shape index (κ1) is 30.0. The second kappa shape index (κ2) is 14.0. The third kappa shape index (κ3) is 8.48. The van der Waals surface area contributed by atoms with E-state index in [0.29, 0.717) is 58.2 Å². The van der Waals surface area contributed by atoms with Gasteiger partial charge in [0.15, 0.2) is 5.13 Å². The number of halogens is 4. The van der Waals surface area contributed by atoms with Crippen molar-refractivity contribution < 1.29 is 36.6 Å². The molecule has 0 saturated carbocycles. The number of hydrogen-bond donors (Lipinski definition) is 3. The zero-order valence-corrected chi connectivity index (χ0v) is 22.0. The summed E-state index contributed by atoms with van der Waals surface area (Å²) in [7, 11) is 3.16. The fourth-order valence-electron chi connectivity index (χ4n) is 3.42. The number of fused-ring (bicyclic) bond motifs is 2. The number of anilines is 2. The predicted octanol–water partition coefficient (Wildman–Crippen LogP) is 4.23. The number of nitrogens with one attached hydrogen (secondary N) is 2. The number of aromatic nitrogens is 3. The number of thiazole rings is 1. The summed E-state index contributed by atoms with van der Waals surface area (Å²) in [4.78, 5) is 21.1. The van der Waals surface area contributed by atoms with Gasteiger partial charge >= 0.3 is 6.36 Å². The normalized spacial score (nSPS) is 11.4. The molecule has 39 heavy (non-hydrogen) atoms. The Hall–Kier alpha value is -3.53. The van der Waals surface area contributed by atoms with Crippen LogP contribution >= 0.6 is 11.3 Å². The van der Waals surface area contributed by atoms with Crippen molar-refractivity contribution in [3.8, 4) is 5.75 Å². The van der Waals surface area contributed by atoms with E-state index in [1.807, 2.05) is 0 Å². The highest BCUT2D eigenvalue weighted by atomic mass is 32.1. The average molecular weight is 573 g/mol. The summed E-state index contributed by atoms with van der Waals surface area (Å²) in [5, 5.41) is 6.08. The lowest BCUT2D eigenvalue weighted by Crippen LogP contribution is -2.26. The molecule has 2 aromatic heterocycles. The third-order valence-corrected chi connectivity index (χ3v) is 5.98. The van der Waals surface area contributed by atoms with E-state index >= 15 is 0 Å². The number of ether oxygens (including phenoxy) is 3. The Morgan fingerprint density at radius 2 is 1.85 bits per heavy atom. The maximum absolute atomic E-state index is 13.3. The Kier molecular flexibility index (Phi) is 10.8. The molecule has 4 N–H and O–H groups in total. The Bertz CT molecular complexity index is 1380. The fraction of sp³-hybridized carbons (Fsp3) is 0.375. The molecule has 0 radical (unpaired) electrons. The molecule has 2 heterocycles. The molecule has 0 aliphatic carbocycles. The summed E-state index contributed by atoms with van der Waals surface area (Å²) >= 11 is 1.10. The van der Waals surface area contributed by atoms with Crippen molar-refractivity contribution in [3.05, 3.63) is 42.0 Å². The molecule has 0 atom stereocenters. The number of aryl methyl sites for hydroxylation is 1. The standard InChI is InChI=1S/C21H19F4N5O3S.C3H9NO/c1-32-9-7-26-18(31)12-2-5-16-15(10-12)27-19(30(16)8-6-22)29-20-28-14-4-3-13(11-17(14)34-20)33-21(23,24)25;1-5-3-2-4/h2-5,10-11H,6-9H2,1H3,(H,26,31)(H,27,28,29);2-4H2,1H3. The molecule has 0 fully saturated rings. The number of alkyl halides is 4. The van der Waals surface area contributed by atoms with Crippen molar-refractivity contribution in [1.82, 2.24) is 19.9 Å². The van der Waals surface area contributed by atoms with Crippen molar-refractivity contribution in [3.63, 3.8) is 0 Å². The van der Waals surface area contributed by atoms with Crippen LogP contribution in [0.1, 0.15) is 10.4 Å². The molecule has 0 bridgehead atoms. The summed E-state index contributed by atoms with van der Waals surface area (Å²) in [6.07, 6.45) is -4.80. The number of rotatable bonds is 11. The summed E-state index contributed by atoms with van der Waals surface area (Å²) in [6.45, 7) is 1.36. The number of nitrogens with two attached hydrogens (primary N) is 1. The summed E-state index contributed by atoms with van der Waals surface area (Å²) in [6, 6.07) is 8.72. The number of carbonyl (C=O) groups excluding carboxylic acids is 1. The number of amides is 1. The summed E-state index contributed by atoms with van der Waals surface area (Å²) in [5.74, 6) is -0.358. The lowest BCUT2D eigenvalue weighted by Gasteiger charge is -2.07. The smallest absolute Gasteiger partial charge is 0.406 e. The molecule has 0 unspecified atom stereocenters. The van der Waals surface area contributed by atoms with Crippen LogP contribution in [0.25, 0.3) is 21.3 Å². The average Bonchev–Trinajstić information content (AvgIpc) is 3.44. The van der Waals surface area contributed by atoms with E-state index in [-0.39, 0.29) is 24.1 Å². The van der Waals surface area contributed by atoms with Crippen LogP contribution in [0.2, 0.25) is 0 Å². The van der Waals surface area contributed by atoms with Gasteiger partial charge < -0.3 is 35.1 Å². The van der Waals surface area contributed by atoms with Gasteiger partial charge in [-0.1, -0.05) is 11.3 Å². The number of nitrogens with zero attached hydrogens (tertiary/aromatic N) is 3. The third-order valence-electron chi connectivity index (χ3n) is 5.04. The highest BCUT2D eigenvalue weighted by Gasteiger charge is 2.31. The van der Waals surface area contributed by atoms with Gasteiger partial charge in [-0.3, -0.25) is 4.79 Å². The number of methoxy groups -OCH3 is 2. The Morgan fingerprint density at radius 1 is 1.08 bits per heavy atom. The zero-order chi connectivity index (χ0) is 28.4. The van der Waals surface area contributed by atoms with Gasteiger partial charge in [-0.15, -0.1) is 13.2 Å². The van der Waals surface area contributed by atoms with E-state index in [9.17, 15) is 22.4 Å². The molecule has 1 amide bonds. The second-order valence-corrected chi connectivity index (χ2v) is 8.86. The van der Waals surface area contributed by atoms with Gasteiger partial charge in [0.25, 0.3) is 5.91 Å². The molecule has 15 heteroatoms.